The minimum Gasteiger partial charge on any atom is -0.495 e. The van der Waals surface area contributed by atoms with Gasteiger partial charge in [-0.3, -0.25) is 14.9 Å². The van der Waals surface area contributed by atoms with Crippen molar-refractivity contribution in [3.63, 3.8) is 0 Å². The first kappa shape index (κ1) is 21.9. The van der Waals surface area contributed by atoms with Gasteiger partial charge in [0.15, 0.2) is 0 Å². The molecule has 0 atom stereocenters. The highest BCUT2D eigenvalue weighted by Crippen LogP contribution is 2.35. The Labute approximate surface area is 186 Å². The van der Waals surface area contributed by atoms with E-state index in [1.807, 2.05) is 0 Å². The van der Waals surface area contributed by atoms with Crippen molar-refractivity contribution in [2.75, 3.05) is 12.4 Å². The molecule has 0 bridgehead atoms. The van der Waals surface area contributed by atoms with Crippen LogP contribution in [0.2, 0.25) is 10.0 Å². The van der Waals surface area contributed by atoms with Crippen LogP contribution in [0.1, 0.15) is 5.76 Å². The van der Waals surface area contributed by atoms with Gasteiger partial charge in [-0.25, -0.2) is 0 Å². The normalized spacial score (nSPS) is 11.0. The SMILES string of the molecule is COc1ccc([N+](=O)[O-])cc1NC(=O)/C(C#N)=C/c1ccc(-c2cccc(Cl)c2Cl)o1. The summed E-state index contributed by atoms with van der Waals surface area (Å²) in [4.78, 5) is 22.9. The van der Waals surface area contributed by atoms with E-state index in [0.717, 1.165) is 6.07 Å². The highest BCUT2D eigenvalue weighted by molar-refractivity contribution is 6.43. The third-order valence-corrected chi connectivity index (χ3v) is 4.96. The van der Waals surface area contributed by atoms with Gasteiger partial charge in [-0.05, 0) is 30.3 Å². The molecule has 0 unspecified atom stereocenters. The number of methoxy groups -OCH3 is 1. The molecule has 1 heterocycles. The minimum atomic E-state index is -0.792. The van der Waals surface area contributed by atoms with Crippen molar-refractivity contribution in [2.45, 2.75) is 0 Å². The first-order chi connectivity index (χ1) is 14.8. The quantitative estimate of drug-likeness (QED) is 0.219. The number of benzene rings is 2. The van der Waals surface area contributed by atoms with Crippen molar-refractivity contribution in [1.82, 2.24) is 0 Å². The van der Waals surface area contributed by atoms with Crippen LogP contribution in [0.25, 0.3) is 17.4 Å². The van der Waals surface area contributed by atoms with Gasteiger partial charge in [0.25, 0.3) is 11.6 Å². The average Bonchev–Trinajstić information content (AvgIpc) is 3.22. The zero-order valence-electron chi connectivity index (χ0n) is 15.9. The van der Waals surface area contributed by atoms with E-state index < -0.39 is 10.8 Å². The number of carbonyl (C=O) groups is 1. The zero-order valence-corrected chi connectivity index (χ0v) is 17.4. The van der Waals surface area contributed by atoms with Gasteiger partial charge in [-0.1, -0.05) is 29.3 Å². The monoisotopic (exact) mass is 457 g/mol. The lowest BCUT2D eigenvalue weighted by molar-refractivity contribution is -0.384. The van der Waals surface area contributed by atoms with Crippen LogP contribution in [0, 0.1) is 21.4 Å². The fraction of sp³-hybridized carbons (Fsp3) is 0.0476. The van der Waals surface area contributed by atoms with E-state index in [0.29, 0.717) is 21.4 Å². The van der Waals surface area contributed by atoms with Crippen molar-refractivity contribution in [3.8, 4) is 23.1 Å². The number of rotatable bonds is 6. The molecule has 0 aliphatic rings. The van der Waals surface area contributed by atoms with Crippen LogP contribution >= 0.6 is 23.2 Å². The molecule has 1 aromatic heterocycles. The summed E-state index contributed by atoms with van der Waals surface area (Å²) >= 11 is 12.2. The fourth-order valence-electron chi connectivity index (χ4n) is 2.66. The second-order valence-corrected chi connectivity index (χ2v) is 6.85. The van der Waals surface area contributed by atoms with E-state index >= 15 is 0 Å². The highest BCUT2D eigenvalue weighted by Gasteiger charge is 2.17. The van der Waals surface area contributed by atoms with E-state index in [9.17, 15) is 20.2 Å². The van der Waals surface area contributed by atoms with Crippen molar-refractivity contribution in [2.24, 2.45) is 0 Å². The summed E-state index contributed by atoms with van der Waals surface area (Å²) in [5.74, 6) is 0.0349. The number of hydrogen-bond donors (Lipinski definition) is 1. The molecule has 2 aromatic carbocycles. The summed E-state index contributed by atoms with van der Waals surface area (Å²) in [6.45, 7) is 0. The highest BCUT2D eigenvalue weighted by atomic mass is 35.5. The molecular formula is C21H13Cl2N3O5. The second-order valence-electron chi connectivity index (χ2n) is 6.07. The molecule has 8 nitrogen and oxygen atoms in total. The van der Waals surface area contributed by atoms with Crippen LogP contribution in [0.5, 0.6) is 5.75 Å². The molecule has 1 amide bonds. The summed E-state index contributed by atoms with van der Waals surface area (Å²) in [6.07, 6.45) is 1.24. The fourth-order valence-corrected chi connectivity index (χ4v) is 3.05. The lowest BCUT2D eigenvalue weighted by Gasteiger charge is -2.09. The maximum atomic E-state index is 12.6. The van der Waals surface area contributed by atoms with E-state index in [-0.39, 0.29) is 28.5 Å². The maximum absolute atomic E-state index is 12.6. The van der Waals surface area contributed by atoms with E-state index in [1.165, 1.54) is 25.3 Å². The smallest absolute Gasteiger partial charge is 0.271 e. The molecule has 0 saturated carbocycles. The number of ether oxygens (including phenoxy) is 1. The zero-order chi connectivity index (χ0) is 22.5. The lowest BCUT2D eigenvalue weighted by atomic mass is 10.2. The Morgan fingerprint density at radius 3 is 2.71 bits per heavy atom. The number of carbonyl (C=O) groups excluding carboxylic acids is 1. The second kappa shape index (κ2) is 9.34. The van der Waals surface area contributed by atoms with E-state index in [4.69, 9.17) is 32.4 Å². The summed E-state index contributed by atoms with van der Waals surface area (Å²) < 4.78 is 10.8. The number of nitro benzene ring substituents is 1. The average molecular weight is 458 g/mol. The van der Waals surface area contributed by atoms with Gasteiger partial charge in [-0.15, -0.1) is 0 Å². The van der Waals surface area contributed by atoms with Crippen molar-refractivity contribution in [1.29, 1.82) is 5.26 Å². The van der Waals surface area contributed by atoms with Gasteiger partial charge in [0.05, 0.1) is 27.8 Å². The molecule has 0 aliphatic carbocycles. The third-order valence-electron chi connectivity index (χ3n) is 4.14. The number of non-ortho nitro benzene ring substituents is 1. The number of nitrogens with one attached hydrogen (secondary N) is 1. The predicted octanol–water partition coefficient (Wildman–Crippen LogP) is 5.72. The molecule has 156 valence electrons. The van der Waals surface area contributed by atoms with E-state index in [2.05, 4.69) is 5.32 Å². The third kappa shape index (κ3) is 4.86. The van der Waals surface area contributed by atoms with Crippen LogP contribution in [0.3, 0.4) is 0 Å². The van der Waals surface area contributed by atoms with E-state index in [1.54, 1.807) is 36.4 Å². The topological polar surface area (TPSA) is 118 Å². The van der Waals surface area contributed by atoms with Gasteiger partial charge in [0.1, 0.15) is 28.9 Å². The van der Waals surface area contributed by atoms with Gasteiger partial charge < -0.3 is 14.5 Å². The van der Waals surface area contributed by atoms with Gasteiger partial charge >= 0.3 is 0 Å². The number of nitriles is 1. The lowest BCUT2D eigenvalue weighted by Crippen LogP contribution is -2.14. The van der Waals surface area contributed by atoms with Crippen LogP contribution in [-0.2, 0) is 4.79 Å². The van der Waals surface area contributed by atoms with Crippen LogP contribution < -0.4 is 10.1 Å². The largest absolute Gasteiger partial charge is 0.495 e. The molecule has 0 spiro atoms. The molecule has 10 heteroatoms. The maximum Gasteiger partial charge on any atom is 0.271 e. The van der Waals surface area contributed by atoms with Gasteiger partial charge in [0.2, 0.25) is 0 Å². The molecular weight excluding hydrogens is 445 g/mol. The number of furan rings is 1. The molecule has 0 radical (unpaired) electrons. The van der Waals surface area contributed by atoms with Crippen molar-refractivity contribution >= 4 is 46.6 Å². The summed E-state index contributed by atoms with van der Waals surface area (Å²) in [7, 11) is 1.35. The predicted molar refractivity (Wildman–Crippen MR) is 116 cm³/mol. The molecule has 0 saturated heterocycles. The van der Waals surface area contributed by atoms with Gasteiger partial charge in [0, 0.05) is 23.8 Å². The minimum absolute atomic E-state index is 0.0497. The van der Waals surface area contributed by atoms with Crippen molar-refractivity contribution < 1.29 is 18.9 Å². The van der Waals surface area contributed by atoms with Crippen LogP contribution in [-0.4, -0.2) is 17.9 Å². The Kier molecular flexibility index (Phi) is 6.60. The number of nitrogens with zero attached hydrogens (tertiary/aromatic N) is 2. The molecule has 0 aliphatic heterocycles. The first-order valence-corrected chi connectivity index (χ1v) is 9.39. The number of nitro groups is 1. The Bertz CT molecular complexity index is 1240. The Morgan fingerprint density at radius 2 is 2.03 bits per heavy atom. The summed E-state index contributed by atoms with van der Waals surface area (Å²) in [5, 5.41) is 23.5. The summed E-state index contributed by atoms with van der Waals surface area (Å²) in [6, 6.07) is 13.7. The number of amides is 1. The first-order valence-electron chi connectivity index (χ1n) is 8.64. The molecule has 1 N–H and O–H groups in total. The van der Waals surface area contributed by atoms with Crippen LogP contribution in [0.4, 0.5) is 11.4 Å². The standard InChI is InChI=1S/C21H13Cl2N3O5/c1-30-19-7-5-13(26(28)29)10-17(19)25-21(27)12(11-24)9-14-6-8-18(31-14)15-3-2-4-16(22)20(15)23/h2-10H,1H3,(H,25,27)/b12-9+. The van der Waals surface area contributed by atoms with Gasteiger partial charge in [-0.2, -0.15) is 5.26 Å². The molecule has 0 fully saturated rings. The van der Waals surface area contributed by atoms with Crippen molar-refractivity contribution in [3.05, 3.63) is 80.0 Å². The Balaban J connectivity index is 1.88. The number of halogens is 2. The molecule has 3 rings (SSSR count). The molecule has 31 heavy (non-hydrogen) atoms. The Hall–Kier alpha value is -3.80. The molecule has 3 aromatic rings. The number of anilines is 1. The summed E-state index contributed by atoms with van der Waals surface area (Å²) in [5.41, 5.74) is 0.0751. The van der Waals surface area contributed by atoms with Crippen LogP contribution in [0.15, 0.2) is 58.5 Å². The number of hydrogen-bond acceptors (Lipinski definition) is 6. The Morgan fingerprint density at radius 1 is 1.26 bits per heavy atom.